The van der Waals surface area contributed by atoms with E-state index in [9.17, 15) is 0 Å². The van der Waals surface area contributed by atoms with Crippen molar-refractivity contribution < 1.29 is 0 Å². The Morgan fingerprint density at radius 2 is 0.732 bits per heavy atom. The van der Waals surface area contributed by atoms with Gasteiger partial charge in [0.05, 0.1) is 22.1 Å². The predicted molar refractivity (Wildman–Crippen MR) is 350 cm³/mol. The van der Waals surface area contributed by atoms with Crippen LogP contribution in [0.3, 0.4) is 0 Å². The average molecular weight is 1050 g/mol. The molecule has 0 saturated carbocycles. The molecule has 390 valence electrons. The SMILES string of the molecule is C=C1/C=C(c2ccc(-c3ccc(-n4c5ccccc5c5ccccc54)cc3)cc2)\C=C/N(c2ccc(-c3ccccc3)cc2C2(C)C=CC=CC2)/C=C\C(c2ccc(-c3ccc(-n4c5ccccc5c5ccccc54)cc3)cc2)=C/C1=C. The van der Waals surface area contributed by atoms with Crippen LogP contribution in [0, 0.1) is 0 Å². The third kappa shape index (κ3) is 9.18. The van der Waals surface area contributed by atoms with E-state index in [2.05, 4.69) is 338 Å². The summed E-state index contributed by atoms with van der Waals surface area (Å²) in [7, 11) is 0. The van der Waals surface area contributed by atoms with Crippen LogP contribution in [0.25, 0.3) is 99.5 Å². The van der Waals surface area contributed by atoms with Crippen molar-refractivity contribution in [2.45, 2.75) is 18.8 Å². The fourth-order valence-electron chi connectivity index (χ4n) is 12.2. The second kappa shape index (κ2) is 21.0. The van der Waals surface area contributed by atoms with Crippen LogP contribution in [-0.2, 0) is 5.41 Å². The standard InChI is InChI=1S/C79H59N3/c1-55-52-65(62-32-28-58(29-33-62)60-36-41-67(42-37-60)81-74-24-12-8-20-69(74)70-21-9-13-25-75(70)81)46-50-80(78-45-40-64(57-18-6-4-7-19-57)54-73(78)79(3)48-16-5-17-49-79)51-47-66(53-56(55)2)63-34-30-59(31-35-63)61-38-43-68(44-39-61)82-76-26-14-10-22-71(76)72-23-11-15-27-77(72)82/h4-48,50-54H,1-2,49H2,3H3/b50-46-,51-47-,65-52+,66-53+. The molecule has 14 rings (SSSR count). The molecule has 82 heavy (non-hydrogen) atoms. The highest BCUT2D eigenvalue weighted by Gasteiger charge is 2.28. The van der Waals surface area contributed by atoms with Gasteiger partial charge in [0, 0.05) is 56.4 Å². The number of benzene rings is 10. The Morgan fingerprint density at radius 1 is 0.366 bits per heavy atom. The van der Waals surface area contributed by atoms with Crippen molar-refractivity contribution >= 4 is 60.4 Å². The molecule has 12 aromatic rings. The summed E-state index contributed by atoms with van der Waals surface area (Å²) in [5, 5.41) is 5.03. The summed E-state index contributed by atoms with van der Waals surface area (Å²) in [6.07, 6.45) is 23.1. The molecule has 2 aromatic heterocycles. The van der Waals surface area contributed by atoms with Crippen LogP contribution < -0.4 is 4.90 Å². The maximum atomic E-state index is 4.64. The van der Waals surface area contributed by atoms with E-state index in [0.29, 0.717) is 0 Å². The van der Waals surface area contributed by atoms with Gasteiger partial charge in [-0.3, -0.25) is 0 Å². The molecule has 1 atom stereocenters. The largest absolute Gasteiger partial charge is 0.324 e. The Morgan fingerprint density at radius 3 is 1.15 bits per heavy atom. The molecule has 1 unspecified atom stereocenters. The fraction of sp³-hybridized carbons (Fsp3) is 0.0380. The number of hydrogen-bond acceptors (Lipinski definition) is 1. The molecule has 0 N–H and O–H groups in total. The maximum absolute atomic E-state index is 4.64. The van der Waals surface area contributed by atoms with Gasteiger partial charge in [-0.05, 0) is 164 Å². The van der Waals surface area contributed by atoms with Crippen molar-refractivity contribution in [3.63, 3.8) is 0 Å². The Kier molecular flexibility index (Phi) is 12.7. The van der Waals surface area contributed by atoms with Crippen molar-refractivity contribution in [1.29, 1.82) is 0 Å². The Hall–Kier alpha value is -10.5. The van der Waals surface area contributed by atoms with E-state index >= 15 is 0 Å². The molecule has 0 fully saturated rings. The zero-order valence-corrected chi connectivity index (χ0v) is 45.8. The Labute approximate surface area is 480 Å². The van der Waals surface area contributed by atoms with Gasteiger partial charge in [0.1, 0.15) is 0 Å². The van der Waals surface area contributed by atoms with Gasteiger partial charge in [0.25, 0.3) is 0 Å². The minimum Gasteiger partial charge on any atom is -0.324 e. The Balaban J connectivity index is 0.816. The molecule has 0 spiro atoms. The summed E-state index contributed by atoms with van der Waals surface area (Å²) >= 11 is 0. The lowest BCUT2D eigenvalue weighted by Gasteiger charge is -2.33. The highest BCUT2D eigenvalue weighted by molar-refractivity contribution is 6.10. The molecule has 1 aliphatic heterocycles. The number of anilines is 1. The van der Waals surface area contributed by atoms with Gasteiger partial charge in [0.15, 0.2) is 0 Å². The van der Waals surface area contributed by atoms with Gasteiger partial charge in [0.2, 0.25) is 0 Å². The van der Waals surface area contributed by atoms with Crippen LogP contribution in [0.1, 0.15) is 30.0 Å². The molecule has 3 nitrogen and oxygen atoms in total. The smallest absolute Gasteiger partial charge is 0.0541 e. The second-order valence-corrected chi connectivity index (χ2v) is 21.8. The molecule has 0 saturated heterocycles. The minimum atomic E-state index is -0.252. The summed E-state index contributed by atoms with van der Waals surface area (Å²) in [6, 6.07) is 88.0. The van der Waals surface area contributed by atoms with Crippen molar-refractivity contribution in [3.8, 4) is 44.8 Å². The molecule has 10 aromatic carbocycles. The average Bonchev–Trinajstić information content (AvgIpc) is 3.96. The first-order valence-corrected chi connectivity index (χ1v) is 28.2. The molecule has 0 radical (unpaired) electrons. The quantitative estimate of drug-likeness (QED) is 0.140. The van der Waals surface area contributed by atoms with Crippen molar-refractivity contribution in [1.82, 2.24) is 9.13 Å². The van der Waals surface area contributed by atoms with Crippen LogP contribution in [0.5, 0.6) is 0 Å². The minimum absolute atomic E-state index is 0.252. The van der Waals surface area contributed by atoms with Crippen LogP contribution in [0.4, 0.5) is 5.69 Å². The third-order valence-corrected chi connectivity index (χ3v) is 16.7. The lowest BCUT2D eigenvalue weighted by atomic mass is 9.75. The molecule has 0 amide bonds. The molecule has 0 bridgehead atoms. The molecular formula is C79H59N3. The highest BCUT2D eigenvalue weighted by Crippen LogP contribution is 2.42. The summed E-state index contributed by atoms with van der Waals surface area (Å²) in [4.78, 5) is 2.29. The van der Waals surface area contributed by atoms with Gasteiger partial charge >= 0.3 is 0 Å². The van der Waals surface area contributed by atoms with E-state index in [1.54, 1.807) is 0 Å². The van der Waals surface area contributed by atoms with Gasteiger partial charge in [-0.2, -0.15) is 0 Å². The van der Waals surface area contributed by atoms with E-state index in [1.807, 2.05) is 0 Å². The normalized spacial score (nSPS) is 17.6. The van der Waals surface area contributed by atoms with E-state index in [0.717, 1.165) is 79.2 Å². The number of hydrogen-bond donors (Lipinski definition) is 0. The lowest BCUT2D eigenvalue weighted by molar-refractivity contribution is 0.600. The monoisotopic (exact) mass is 1050 g/mol. The lowest BCUT2D eigenvalue weighted by Crippen LogP contribution is -2.23. The summed E-state index contributed by atoms with van der Waals surface area (Å²) < 4.78 is 4.73. The zero-order valence-electron chi connectivity index (χ0n) is 45.8. The van der Waals surface area contributed by atoms with Gasteiger partial charge in [-0.15, -0.1) is 0 Å². The topological polar surface area (TPSA) is 13.1 Å². The molecule has 2 aliphatic rings. The van der Waals surface area contributed by atoms with E-state index < -0.39 is 0 Å². The number of rotatable bonds is 9. The number of nitrogens with zero attached hydrogens (tertiary/aromatic N) is 3. The molecule has 3 heterocycles. The molecule has 1 aliphatic carbocycles. The number of para-hydroxylation sites is 4. The van der Waals surface area contributed by atoms with Gasteiger partial charge in [-0.25, -0.2) is 0 Å². The van der Waals surface area contributed by atoms with Gasteiger partial charge in [-0.1, -0.05) is 226 Å². The van der Waals surface area contributed by atoms with Crippen LogP contribution in [0.15, 0.2) is 328 Å². The first-order valence-electron chi connectivity index (χ1n) is 28.2. The van der Waals surface area contributed by atoms with Crippen molar-refractivity contribution in [2.24, 2.45) is 0 Å². The summed E-state index contributed by atoms with van der Waals surface area (Å²) in [6.45, 7) is 11.6. The number of fused-ring (bicyclic) bond motifs is 6. The summed E-state index contributed by atoms with van der Waals surface area (Å²) in [5.74, 6) is 0. The fourth-order valence-corrected chi connectivity index (χ4v) is 12.2. The highest BCUT2D eigenvalue weighted by atomic mass is 15.1. The first kappa shape index (κ1) is 49.8. The number of allylic oxidation sites excluding steroid dienone is 12. The summed E-state index contributed by atoms with van der Waals surface area (Å²) in [5.41, 5.74) is 22.0. The predicted octanol–water partition coefficient (Wildman–Crippen LogP) is 20.8. The van der Waals surface area contributed by atoms with Crippen LogP contribution in [0.2, 0.25) is 0 Å². The van der Waals surface area contributed by atoms with E-state index in [-0.39, 0.29) is 5.41 Å². The number of aromatic nitrogens is 2. The Bertz CT molecular complexity index is 4300. The van der Waals surface area contributed by atoms with Crippen molar-refractivity contribution in [3.05, 3.63) is 345 Å². The molecular weight excluding hydrogens is 991 g/mol. The van der Waals surface area contributed by atoms with Crippen molar-refractivity contribution in [2.75, 3.05) is 4.90 Å². The maximum Gasteiger partial charge on any atom is 0.0541 e. The van der Waals surface area contributed by atoms with Gasteiger partial charge < -0.3 is 14.0 Å². The van der Waals surface area contributed by atoms with Crippen LogP contribution >= 0.6 is 0 Å². The van der Waals surface area contributed by atoms with E-state index in [1.165, 1.54) is 60.3 Å². The first-order chi connectivity index (χ1) is 40.3. The molecule has 3 heteroatoms. The van der Waals surface area contributed by atoms with Crippen LogP contribution in [-0.4, -0.2) is 9.13 Å². The third-order valence-electron chi connectivity index (χ3n) is 16.7. The second-order valence-electron chi connectivity index (χ2n) is 21.8. The zero-order chi connectivity index (χ0) is 55.2. The van der Waals surface area contributed by atoms with E-state index in [4.69, 9.17) is 0 Å².